The number of ether oxygens (including phenoxy) is 5. The number of hydrogen-bond donors (Lipinski definition) is 0. The number of nitrogens with zero attached hydrogens (tertiary/aromatic N) is 2. The number of thiazole rings is 1. The lowest BCUT2D eigenvalue weighted by molar-refractivity contribution is -0.143. The maximum Gasteiger partial charge on any atom is 0.343 e. The van der Waals surface area contributed by atoms with E-state index in [1.54, 1.807) is 81.4 Å². The minimum atomic E-state index is -0.901. The Kier molecular flexibility index (Phi) is 10.0. The molecule has 3 heterocycles. The summed E-state index contributed by atoms with van der Waals surface area (Å²) in [6.45, 7) is 5.28. The van der Waals surface area contributed by atoms with Gasteiger partial charge in [0.15, 0.2) is 22.9 Å². The smallest absolute Gasteiger partial charge is 0.343 e. The maximum atomic E-state index is 14.0. The van der Waals surface area contributed by atoms with Crippen LogP contribution in [0, 0.1) is 0 Å². The molecule has 0 bridgehead atoms. The van der Waals surface area contributed by atoms with Crippen molar-refractivity contribution < 1.29 is 42.5 Å². The monoisotopic (exact) mass is 660 g/mol. The van der Waals surface area contributed by atoms with Gasteiger partial charge in [0.05, 0.1) is 54.8 Å². The molecule has 1 aliphatic rings. The van der Waals surface area contributed by atoms with Gasteiger partial charge in [-0.15, -0.1) is 0 Å². The van der Waals surface area contributed by atoms with E-state index in [2.05, 4.69) is 9.73 Å². The van der Waals surface area contributed by atoms with Crippen LogP contribution in [0.1, 0.15) is 48.5 Å². The molecule has 2 aromatic carbocycles. The topological polar surface area (TPSA) is 145 Å². The fourth-order valence-electron chi connectivity index (χ4n) is 4.99. The van der Waals surface area contributed by atoms with Crippen LogP contribution in [0.5, 0.6) is 11.5 Å². The minimum Gasteiger partial charge on any atom is -0.490 e. The number of hydrogen-bond acceptors (Lipinski definition) is 12. The fraction of sp³-hybridized carbons (Fsp3) is 0.265. The summed E-state index contributed by atoms with van der Waals surface area (Å²) in [6, 6.07) is 14.3. The number of aromatic nitrogens is 1. The third-order valence-corrected chi connectivity index (χ3v) is 8.15. The van der Waals surface area contributed by atoms with Crippen molar-refractivity contribution in [2.45, 2.75) is 26.8 Å². The molecule has 244 valence electrons. The van der Waals surface area contributed by atoms with E-state index in [1.165, 1.54) is 18.8 Å². The highest BCUT2D eigenvalue weighted by molar-refractivity contribution is 7.07. The van der Waals surface area contributed by atoms with Gasteiger partial charge in [0.2, 0.25) is 0 Å². The van der Waals surface area contributed by atoms with Gasteiger partial charge >= 0.3 is 17.9 Å². The zero-order valence-electron chi connectivity index (χ0n) is 26.4. The Bertz CT molecular complexity index is 2040. The SMILES string of the molecule is CCOC(=O)C1=C(C)N=c2s/c(=C/c3ccc(-c4ccc(C(=O)OC)cc4)o3)c(=O)n2[C@H]1c1ccc(OCC(=O)OC)c(OCC)c1. The number of allylic oxidation sites excluding steroid dienone is 1. The number of methoxy groups -OCH3 is 2. The van der Waals surface area contributed by atoms with E-state index in [1.807, 2.05) is 0 Å². The predicted octanol–water partition coefficient (Wildman–Crippen LogP) is 3.80. The quantitative estimate of drug-likeness (QED) is 0.172. The fourth-order valence-corrected chi connectivity index (χ4v) is 6.01. The largest absolute Gasteiger partial charge is 0.490 e. The van der Waals surface area contributed by atoms with Crippen molar-refractivity contribution in [2.75, 3.05) is 34.0 Å². The highest BCUT2D eigenvalue weighted by Gasteiger charge is 2.34. The van der Waals surface area contributed by atoms with Crippen molar-refractivity contribution in [3.63, 3.8) is 0 Å². The Balaban J connectivity index is 1.58. The second-order valence-electron chi connectivity index (χ2n) is 10.1. The first kappa shape index (κ1) is 32.9. The number of rotatable bonds is 11. The summed E-state index contributed by atoms with van der Waals surface area (Å²) in [5.41, 5.74) is 1.90. The van der Waals surface area contributed by atoms with E-state index in [4.69, 9.17) is 23.4 Å². The van der Waals surface area contributed by atoms with Gasteiger partial charge in [0.1, 0.15) is 11.5 Å². The molecule has 0 N–H and O–H groups in total. The molecule has 1 atom stereocenters. The van der Waals surface area contributed by atoms with Crippen LogP contribution in [0.15, 0.2) is 80.1 Å². The molecule has 0 spiro atoms. The molecule has 2 aromatic heterocycles. The molecule has 0 fully saturated rings. The molecule has 0 radical (unpaired) electrons. The van der Waals surface area contributed by atoms with Crippen LogP contribution in [0.2, 0.25) is 0 Å². The molecule has 13 heteroatoms. The lowest BCUT2D eigenvalue weighted by Crippen LogP contribution is -2.40. The molecule has 0 saturated carbocycles. The average molecular weight is 661 g/mol. The van der Waals surface area contributed by atoms with Crippen LogP contribution in [0.4, 0.5) is 0 Å². The highest BCUT2D eigenvalue weighted by Crippen LogP contribution is 2.36. The van der Waals surface area contributed by atoms with Crippen LogP contribution in [-0.4, -0.2) is 56.5 Å². The zero-order chi connectivity index (χ0) is 33.7. The van der Waals surface area contributed by atoms with Gasteiger partial charge in [-0.2, -0.15) is 0 Å². The van der Waals surface area contributed by atoms with Gasteiger partial charge in [-0.1, -0.05) is 29.5 Å². The van der Waals surface area contributed by atoms with Gasteiger partial charge in [-0.05, 0) is 62.7 Å². The molecular weight excluding hydrogens is 628 g/mol. The van der Waals surface area contributed by atoms with Crippen molar-refractivity contribution in [1.29, 1.82) is 0 Å². The summed E-state index contributed by atoms with van der Waals surface area (Å²) in [5.74, 6) is -0.0406. The normalized spacial score (nSPS) is 14.2. The summed E-state index contributed by atoms with van der Waals surface area (Å²) >= 11 is 1.15. The highest BCUT2D eigenvalue weighted by atomic mass is 32.1. The summed E-state index contributed by atoms with van der Waals surface area (Å²) < 4.78 is 34.0. The zero-order valence-corrected chi connectivity index (χ0v) is 27.2. The third kappa shape index (κ3) is 6.89. The van der Waals surface area contributed by atoms with Gasteiger partial charge in [0.25, 0.3) is 5.56 Å². The molecule has 0 saturated heterocycles. The number of fused-ring (bicyclic) bond motifs is 1. The van der Waals surface area contributed by atoms with Crippen LogP contribution in [-0.2, 0) is 23.8 Å². The molecule has 0 amide bonds. The summed E-state index contributed by atoms with van der Waals surface area (Å²) in [7, 11) is 2.58. The maximum absolute atomic E-state index is 14.0. The second-order valence-corrected chi connectivity index (χ2v) is 11.1. The van der Waals surface area contributed by atoms with Crippen molar-refractivity contribution in [3.8, 4) is 22.8 Å². The van der Waals surface area contributed by atoms with Crippen LogP contribution in [0.25, 0.3) is 17.4 Å². The Hall–Kier alpha value is -5.43. The van der Waals surface area contributed by atoms with E-state index in [0.717, 1.165) is 16.9 Å². The first-order valence-electron chi connectivity index (χ1n) is 14.6. The van der Waals surface area contributed by atoms with Gasteiger partial charge in [0, 0.05) is 11.6 Å². The van der Waals surface area contributed by atoms with Crippen molar-refractivity contribution in [1.82, 2.24) is 4.57 Å². The number of carbonyl (C=O) groups excluding carboxylic acids is 3. The van der Waals surface area contributed by atoms with Crippen LogP contribution < -0.4 is 24.4 Å². The molecular formula is C34H32N2O10S. The minimum absolute atomic E-state index is 0.128. The number of carbonyl (C=O) groups is 3. The van der Waals surface area contributed by atoms with Crippen LogP contribution >= 0.6 is 11.3 Å². The second kappa shape index (κ2) is 14.3. The van der Waals surface area contributed by atoms with E-state index in [-0.39, 0.29) is 18.8 Å². The Morgan fingerprint density at radius 2 is 1.70 bits per heavy atom. The summed E-state index contributed by atoms with van der Waals surface area (Å²) in [5, 5.41) is 0. The summed E-state index contributed by atoms with van der Waals surface area (Å²) in [6.07, 6.45) is 1.62. The standard InChI is InChI=1S/C34H32N2O10S/c1-6-43-26-16-22(12-14-25(26)45-18-28(37)41-4)30-29(33(40)44-7-2)19(3)35-34-36(30)31(38)27(47-34)17-23-13-15-24(46-23)20-8-10-21(11-9-20)32(39)42-5/h8-17,30H,6-7,18H2,1-5H3/b27-17+/t30-/m0/s1. The first-order chi connectivity index (χ1) is 22.7. The first-order valence-corrected chi connectivity index (χ1v) is 15.4. The summed E-state index contributed by atoms with van der Waals surface area (Å²) in [4.78, 5) is 55.8. The predicted molar refractivity (Wildman–Crippen MR) is 171 cm³/mol. The number of benzene rings is 2. The van der Waals surface area contributed by atoms with Gasteiger partial charge in [-0.25, -0.2) is 19.4 Å². The molecule has 47 heavy (non-hydrogen) atoms. The van der Waals surface area contributed by atoms with E-state index in [9.17, 15) is 19.2 Å². The molecule has 1 aliphatic heterocycles. The third-order valence-electron chi connectivity index (χ3n) is 7.16. The van der Waals surface area contributed by atoms with Gasteiger partial charge in [-0.3, -0.25) is 9.36 Å². The Morgan fingerprint density at radius 3 is 2.38 bits per heavy atom. The molecule has 0 aliphatic carbocycles. The lowest BCUT2D eigenvalue weighted by Gasteiger charge is -2.25. The van der Waals surface area contributed by atoms with E-state index in [0.29, 0.717) is 55.8 Å². The van der Waals surface area contributed by atoms with Crippen molar-refractivity contribution >= 4 is 35.3 Å². The Labute approximate surface area is 273 Å². The molecule has 12 nitrogen and oxygen atoms in total. The lowest BCUT2D eigenvalue weighted by atomic mass is 9.95. The number of furan rings is 1. The van der Waals surface area contributed by atoms with Crippen LogP contribution in [0.3, 0.4) is 0 Å². The number of esters is 3. The van der Waals surface area contributed by atoms with E-state index < -0.39 is 29.5 Å². The van der Waals surface area contributed by atoms with Crippen molar-refractivity contribution in [3.05, 3.63) is 102 Å². The molecule has 5 rings (SSSR count). The van der Waals surface area contributed by atoms with Gasteiger partial charge < -0.3 is 28.1 Å². The molecule has 0 unspecified atom stereocenters. The molecule has 4 aromatic rings. The van der Waals surface area contributed by atoms with E-state index >= 15 is 0 Å². The Morgan fingerprint density at radius 1 is 0.936 bits per heavy atom. The van der Waals surface area contributed by atoms with Crippen molar-refractivity contribution in [2.24, 2.45) is 4.99 Å². The average Bonchev–Trinajstić information content (AvgIpc) is 3.67.